The van der Waals surface area contributed by atoms with Gasteiger partial charge in [-0.3, -0.25) is 13.9 Å². The highest BCUT2D eigenvalue weighted by atomic mass is 35.5. The summed E-state index contributed by atoms with van der Waals surface area (Å²) in [5.74, 6) is -2.77. The second-order valence-corrected chi connectivity index (χ2v) is 8.16. The third-order valence-electron chi connectivity index (χ3n) is 5.16. The van der Waals surface area contributed by atoms with Crippen LogP contribution in [0.15, 0.2) is 62.2 Å². The molecular formula is C23H23ClFN5O5. The molecule has 0 aliphatic heterocycles. The SMILES string of the molecule is CON=Cc1ccc(N=c2n(C)c(=O)n(C[C@H](C)C(=O)O)c(=O)n2Cc2ccc(Cl)cc2)cc1F. The Balaban J connectivity index is 2.24. The summed E-state index contributed by atoms with van der Waals surface area (Å²) in [6.45, 7) is 1.07. The van der Waals surface area contributed by atoms with E-state index in [9.17, 15) is 23.9 Å². The van der Waals surface area contributed by atoms with E-state index in [1.165, 1.54) is 44.0 Å². The van der Waals surface area contributed by atoms with Crippen LogP contribution in [-0.4, -0.2) is 38.1 Å². The summed E-state index contributed by atoms with van der Waals surface area (Å²) in [6.07, 6.45) is 1.19. The van der Waals surface area contributed by atoms with E-state index in [-0.39, 0.29) is 30.0 Å². The van der Waals surface area contributed by atoms with Crippen molar-refractivity contribution in [3.63, 3.8) is 0 Å². The average molecular weight is 504 g/mol. The lowest BCUT2D eigenvalue weighted by Gasteiger charge is -2.15. The molecule has 3 aromatic rings. The van der Waals surface area contributed by atoms with Crippen molar-refractivity contribution in [3.8, 4) is 0 Å². The number of carbonyl (C=O) groups is 1. The van der Waals surface area contributed by atoms with Crippen molar-refractivity contribution < 1.29 is 19.1 Å². The average Bonchev–Trinajstić information content (AvgIpc) is 2.83. The lowest BCUT2D eigenvalue weighted by molar-refractivity contribution is -0.141. The minimum Gasteiger partial charge on any atom is -0.481 e. The van der Waals surface area contributed by atoms with E-state index in [0.717, 1.165) is 15.2 Å². The van der Waals surface area contributed by atoms with Gasteiger partial charge in [-0.05, 0) is 29.8 Å². The number of carboxylic acid groups (broad SMARTS) is 1. The van der Waals surface area contributed by atoms with Crippen molar-refractivity contribution in [1.82, 2.24) is 13.7 Å². The van der Waals surface area contributed by atoms with E-state index in [4.69, 9.17) is 11.6 Å². The molecule has 1 N–H and O–H groups in total. The molecule has 0 fully saturated rings. The summed E-state index contributed by atoms with van der Waals surface area (Å²) >= 11 is 5.96. The number of hydrogen-bond acceptors (Lipinski definition) is 6. The van der Waals surface area contributed by atoms with Gasteiger partial charge in [0.05, 0.1) is 24.4 Å². The van der Waals surface area contributed by atoms with Gasteiger partial charge in [0.25, 0.3) is 0 Å². The standard InChI is InChI=1S/C23H23ClFN5O5/c1-14(20(31)32)12-30-22(33)28(2)21(27-18-9-6-16(11-26-35-3)19(25)10-18)29(23(30)34)13-15-4-7-17(24)8-5-15/h4-11,14H,12-13H2,1-3H3,(H,31,32)/t14-/m0/s1. The van der Waals surface area contributed by atoms with E-state index in [1.807, 2.05) is 0 Å². The second kappa shape index (κ2) is 11.0. The molecular weight excluding hydrogens is 481 g/mol. The quantitative estimate of drug-likeness (QED) is 0.373. The number of halogens is 2. The van der Waals surface area contributed by atoms with E-state index >= 15 is 0 Å². The molecule has 0 saturated carbocycles. The first-order chi connectivity index (χ1) is 16.6. The lowest BCUT2D eigenvalue weighted by Crippen LogP contribution is -2.55. The molecule has 0 unspecified atom stereocenters. The Morgan fingerprint density at radius 2 is 1.86 bits per heavy atom. The second-order valence-electron chi connectivity index (χ2n) is 7.72. The molecule has 2 aromatic carbocycles. The first-order valence-corrected chi connectivity index (χ1v) is 10.8. The van der Waals surface area contributed by atoms with Gasteiger partial charge < -0.3 is 9.94 Å². The van der Waals surface area contributed by atoms with Crippen molar-refractivity contribution in [2.75, 3.05) is 7.11 Å². The number of hydrogen-bond donors (Lipinski definition) is 1. The molecule has 10 nitrogen and oxygen atoms in total. The summed E-state index contributed by atoms with van der Waals surface area (Å²) in [6, 6.07) is 10.8. The van der Waals surface area contributed by atoms with Gasteiger partial charge >= 0.3 is 17.3 Å². The molecule has 35 heavy (non-hydrogen) atoms. The van der Waals surface area contributed by atoms with Crippen LogP contribution >= 0.6 is 11.6 Å². The topological polar surface area (TPSA) is 120 Å². The Bertz CT molecular complexity index is 1460. The maximum atomic E-state index is 14.5. The summed E-state index contributed by atoms with van der Waals surface area (Å²) < 4.78 is 17.7. The fraction of sp³-hybridized carbons (Fsp3) is 0.261. The first-order valence-electron chi connectivity index (χ1n) is 10.4. The highest BCUT2D eigenvalue weighted by Gasteiger charge is 2.18. The molecule has 184 valence electrons. The Hall–Kier alpha value is -3.99. The van der Waals surface area contributed by atoms with Crippen LogP contribution in [0, 0.1) is 11.7 Å². The number of nitrogens with zero attached hydrogens (tertiary/aromatic N) is 5. The maximum Gasteiger partial charge on any atom is 0.335 e. The Morgan fingerprint density at radius 1 is 1.17 bits per heavy atom. The van der Waals surface area contributed by atoms with Crippen LogP contribution in [-0.2, 0) is 29.8 Å². The zero-order valence-corrected chi connectivity index (χ0v) is 19.9. The molecule has 0 bridgehead atoms. The third-order valence-corrected chi connectivity index (χ3v) is 5.42. The van der Waals surface area contributed by atoms with E-state index in [1.54, 1.807) is 24.3 Å². The van der Waals surface area contributed by atoms with Crippen LogP contribution in [0.2, 0.25) is 5.02 Å². The predicted molar refractivity (Wildman–Crippen MR) is 128 cm³/mol. The smallest absolute Gasteiger partial charge is 0.335 e. The van der Waals surface area contributed by atoms with Crippen molar-refractivity contribution in [2.45, 2.75) is 20.0 Å². The summed E-state index contributed by atoms with van der Waals surface area (Å²) in [7, 11) is 2.73. The molecule has 12 heteroatoms. The maximum absolute atomic E-state index is 14.5. The number of oxime groups is 1. The normalized spacial score (nSPS) is 12.8. The van der Waals surface area contributed by atoms with Gasteiger partial charge in [0.1, 0.15) is 12.9 Å². The van der Waals surface area contributed by atoms with Gasteiger partial charge in [-0.2, -0.15) is 0 Å². The molecule has 1 atom stereocenters. The molecule has 0 radical (unpaired) electrons. The highest BCUT2D eigenvalue weighted by molar-refractivity contribution is 6.30. The van der Waals surface area contributed by atoms with Crippen LogP contribution in [0.3, 0.4) is 0 Å². The van der Waals surface area contributed by atoms with Gasteiger partial charge in [-0.1, -0.05) is 35.8 Å². The molecule has 0 aliphatic carbocycles. The van der Waals surface area contributed by atoms with Crippen LogP contribution in [0.25, 0.3) is 0 Å². The highest BCUT2D eigenvalue weighted by Crippen LogP contribution is 2.16. The first kappa shape index (κ1) is 25.6. The molecule has 0 amide bonds. The van der Waals surface area contributed by atoms with E-state index in [2.05, 4.69) is 15.0 Å². The monoisotopic (exact) mass is 503 g/mol. The third kappa shape index (κ3) is 5.93. The van der Waals surface area contributed by atoms with Gasteiger partial charge in [-0.15, -0.1) is 0 Å². The van der Waals surface area contributed by atoms with Crippen molar-refractivity contribution >= 4 is 29.5 Å². The summed E-state index contributed by atoms with van der Waals surface area (Å²) in [5.41, 5.74) is -0.564. The zero-order chi connectivity index (χ0) is 25.7. The number of aromatic nitrogens is 3. The van der Waals surface area contributed by atoms with E-state index in [0.29, 0.717) is 10.6 Å². The minimum absolute atomic E-state index is 0.00543. The van der Waals surface area contributed by atoms with Crippen molar-refractivity contribution in [3.05, 3.63) is 91.0 Å². The molecule has 1 aromatic heterocycles. The predicted octanol–water partition coefficient (Wildman–Crippen LogP) is 2.12. The number of rotatable bonds is 8. The fourth-order valence-electron chi connectivity index (χ4n) is 3.23. The van der Waals surface area contributed by atoms with Crippen LogP contribution in [0.4, 0.5) is 10.1 Å². The number of benzene rings is 2. The fourth-order valence-corrected chi connectivity index (χ4v) is 3.36. The molecule has 3 rings (SSSR count). The lowest BCUT2D eigenvalue weighted by atomic mass is 10.2. The van der Waals surface area contributed by atoms with Crippen LogP contribution in [0.1, 0.15) is 18.1 Å². The van der Waals surface area contributed by atoms with Gasteiger partial charge in [0.2, 0.25) is 5.62 Å². The van der Waals surface area contributed by atoms with E-state index < -0.39 is 29.1 Å². The number of aliphatic carboxylic acids is 1. The summed E-state index contributed by atoms with van der Waals surface area (Å²) in [4.78, 5) is 46.6. The van der Waals surface area contributed by atoms with Crippen LogP contribution in [0.5, 0.6) is 0 Å². The number of carboxylic acids is 1. The van der Waals surface area contributed by atoms with Crippen molar-refractivity contribution in [1.29, 1.82) is 0 Å². The molecule has 0 aliphatic rings. The van der Waals surface area contributed by atoms with Gasteiger partial charge in [0, 0.05) is 30.2 Å². The molecule has 0 spiro atoms. The zero-order valence-electron chi connectivity index (χ0n) is 19.2. The summed E-state index contributed by atoms with van der Waals surface area (Å²) in [5, 5.41) is 13.3. The minimum atomic E-state index is -1.15. The van der Waals surface area contributed by atoms with Gasteiger partial charge in [-0.25, -0.2) is 23.5 Å². The molecule has 1 heterocycles. The van der Waals surface area contributed by atoms with Crippen molar-refractivity contribution in [2.24, 2.45) is 23.1 Å². The van der Waals surface area contributed by atoms with Crippen LogP contribution < -0.4 is 17.0 Å². The molecule has 0 saturated heterocycles. The Kier molecular flexibility index (Phi) is 8.02. The van der Waals surface area contributed by atoms with Gasteiger partial charge in [0.15, 0.2) is 0 Å². The largest absolute Gasteiger partial charge is 0.481 e. The Morgan fingerprint density at radius 3 is 2.46 bits per heavy atom. The Labute approximate surface area is 203 Å².